The first kappa shape index (κ1) is 15.8. The van der Waals surface area contributed by atoms with E-state index in [4.69, 9.17) is 4.74 Å². The number of likely N-dealkylation sites (tertiary alicyclic amines) is 1. The maximum atomic E-state index is 12.9. The average molecular weight is 316 g/mol. The fourth-order valence-electron chi connectivity index (χ4n) is 3.30. The van der Waals surface area contributed by atoms with Crippen molar-refractivity contribution in [3.05, 3.63) is 24.3 Å². The van der Waals surface area contributed by atoms with Crippen LogP contribution in [0.5, 0.6) is 5.75 Å². The van der Waals surface area contributed by atoms with E-state index in [2.05, 4.69) is 0 Å². The summed E-state index contributed by atoms with van der Waals surface area (Å²) in [5.41, 5.74) is 0.663. The molecule has 0 radical (unpaired) electrons. The summed E-state index contributed by atoms with van der Waals surface area (Å²) in [7, 11) is 1.75. The van der Waals surface area contributed by atoms with Crippen molar-refractivity contribution in [2.75, 3.05) is 18.5 Å². The van der Waals surface area contributed by atoms with Gasteiger partial charge in [0.1, 0.15) is 17.9 Å². The van der Waals surface area contributed by atoms with Gasteiger partial charge >= 0.3 is 0 Å². The summed E-state index contributed by atoms with van der Waals surface area (Å²) in [5.74, 6) is 0.698. The van der Waals surface area contributed by atoms with Gasteiger partial charge < -0.3 is 14.5 Å². The van der Waals surface area contributed by atoms with Crippen molar-refractivity contribution >= 4 is 17.5 Å². The first-order valence-corrected chi connectivity index (χ1v) is 8.09. The first-order valence-electron chi connectivity index (χ1n) is 8.09. The second kappa shape index (κ2) is 5.55. The number of hydrogen-bond donors (Lipinski definition) is 0. The molecule has 1 fully saturated rings. The molecule has 3 rings (SSSR count). The van der Waals surface area contributed by atoms with E-state index in [0.717, 1.165) is 5.69 Å². The summed E-state index contributed by atoms with van der Waals surface area (Å²) in [4.78, 5) is 28.8. The van der Waals surface area contributed by atoms with Gasteiger partial charge in [-0.05, 0) is 17.5 Å². The Morgan fingerprint density at radius 1 is 1.30 bits per heavy atom. The molecule has 5 nitrogen and oxygen atoms in total. The molecule has 0 spiro atoms. The molecule has 2 amide bonds. The molecule has 0 aliphatic carbocycles. The fourth-order valence-corrected chi connectivity index (χ4v) is 3.30. The van der Waals surface area contributed by atoms with Crippen LogP contribution in [-0.4, -0.2) is 42.5 Å². The lowest BCUT2D eigenvalue weighted by molar-refractivity contribution is -0.138. The standard InChI is InChI=1S/C18H24N2O3/c1-18(2,3)10-16(21)20-11-12-9-14(20)17(22)19(4)13-7-5-6-8-15(13)23-12/h5-8,12,14H,9-11H2,1-4H3. The van der Waals surface area contributed by atoms with Crippen LogP contribution < -0.4 is 9.64 Å². The Hall–Kier alpha value is -2.04. The molecular formula is C18H24N2O3. The second-order valence-electron chi connectivity index (χ2n) is 7.64. The zero-order chi connectivity index (χ0) is 16.8. The number of nitrogens with zero attached hydrogens (tertiary/aromatic N) is 2. The largest absolute Gasteiger partial charge is 0.486 e. The molecular weight excluding hydrogens is 292 g/mol. The summed E-state index contributed by atoms with van der Waals surface area (Å²) < 4.78 is 6.07. The minimum Gasteiger partial charge on any atom is -0.486 e. The lowest BCUT2D eigenvalue weighted by atomic mass is 9.91. The third-order valence-electron chi connectivity index (χ3n) is 4.40. The number of carbonyl (C=O) groups is 2. The molecule has 124 valence electrons. The minimum atomic E-state index is -0.423. The normalized spacial score (nSPS) is 23.9. The highest BCUT2D eigenvalue weighted by Gasteiger charge is 2.44. The van der Waals surface area contributed by atoms with E-state index in [-0.39, 0.29) is 23.3 Å². The number of hydrogen-bond acceptors (Lipinski definition) is 3. The Balaban J connectivity index is 1.89. The third-order valence-corrected chi connectivity index (χ3v) is 4.40. The van der Waals surface area contributed by atoms with Gasteiger partial charge in [-0.2, -0.15) is 0 Å². The van der Waals surface area contributed by atoms with Crippen LogP contribution in [0.2, 0.25) is 0 Å². The predicted octanol–water partition coefficient (Wildman–Crippen LogP) is 2.45. The fraction of sp³-hybridized carbons (Fsp3) is 0.556. The van der Waals surface area contributed by atoms with E-state index < -0.39 is 6.04 Å². The highest BCUT2D eigenvalue weighted by Crippen LogP contribution is 2.36. The molecule has 2 aliphatic heterocycles. The van der Waals surface area contributed by atoms with Gasteiger partial charge in [0.2, 0.25) is 11.8 Å². The molecule has 0 N–H and O–H groups in total. The third kappa shape index (κ3) is 3.05. The molecule has 2 bridgehead atoms. The summed E-state index contributed by atoms with van der Waals surface area (Å²) in [6, 6.07) is 7.11. The molecule has 2 unspecified atom stereocenters. The Morgan fingerprint density at radius 2 is 2.00 bits per heavy atom. The Bertz CT molecular complexity index is 635. The van der Waals surface area contributed by atoms with E-state index in [1.807, 2.05) is 45.0 Å². The van der Waals surface area contributed by atoms with Gasteiger partial charge in [0, 0.05) is 19.9 Å². The molecule has 2 atom stereocenters. The highest BCUT2D eigenvalue weighted by molar-refractivity contribution is 6.00. The van der Waals surface area contributed by atoms with Crippen LogP contribution in [0.25, 0.3) is 0 Å². The lowest BCUT2D eigenvalue weighted by Gasteiger charge is -2.30. The summed E-state index contributed by atoms with van der Waals surface area (Å²) in [6.45, 7) is 6.58. The molecule has 5 heteroatoms. The van der Waals surface area contributed by atoms with E-state index in [0.29, 0.717) is 25.1 Å². The monoisotopic (exact) mass is 316 g/mol. The van der Waals surface area contributed by atoms with Gasteiger partial charge in [0.25, 0.3) is 0 Å². The van der Waals surface area contributed by atoms with Crippen molar-refractivity contribution < 1.29 is 14.3 Å². The van der Waals surface area contributed by atoms with Crippen LogP contribution in [0.4, 0.5) is 5.69 Å². The first-order chi connectivity index (χ1) is 10.8. The number of para-hydroxylation sites is 2. The van der Waals surface area contributed by atoms with Crippen LogP contribution in [0.3, 0.4) is 0 Å². The number of rotatable bonds is 1. The van der Waals surface area contributed by atoms with E-state index >= 15 is 0 Å². The Morgan fingerprint density at radius 3 is 2.70 bits per heavy atom. The summed E-state index contributed by atoms with van der Waals surface area (Å²) >= 11 is 0. The smallest absolute Gasteiger partial charge is 0.249 e. The quantitative estimate of drug-likeness (QED) is 0.799. The van der Waals surface area contributed by atoms with Gasteiger partial charge in [0.05, 0.1) is 12.2 Å². The molecule has 1 aromatic rings. The van der Waals surface area contributed by atoms with Crippen LogP contribution in [-0.2, 0) is 9.59 Å². The molecule has 0 saturated carbocycles. The van der Waals surface area contributed by atoms with Crippen molar-refractivity contribution in [3.8, 4) is 5.75 Å². The zero-order valence-electron chi connectivity index (χ0n) is 14.2. The molecule has 1 aromatic carbocycles. The number of benzene rings is 1. The van der Waals surface area contributed by atoms with Crippen molar-refractivity contribution in [1.29, 1.82) is 0 Å². The number of anilines is 1. The Kier molecular flexibility index (Phi) is 3.82. The van der Waals surface area contributed by atoms with Crippen molar-refractivity contribution in [2.45, 2.75) is 45.8 Å². The molecule has 0 aromatic heterocycles. The number of amides is 2. The van der Waals surface area contributed by atoms with Crippen LogP contribution in [0.1, 0.15) is 33.6 Å². The number of ether oxygens (including phenoxy) is 1. The highest BCUT2D eigenvalue weighted by atomic mass is 16.5. The predicted molar refractivity (Wildman–Crippen MR) is 88.5 cm³/mol. The number of carbonyl (C=O) groups excluding carboxylic acids is 2. The van der Waals surface area contributed by atoms with Gasteiger partial charge in [0.15, 0.2) is 0 Å². The SMILES string of the molecule is CN1C(=O)C2CC(CN2C(=O)CC(C)(C)C)Oc2ccccc21. The minimum absolute atomic E-state index is 0.0290. The van der Waals surface area contributed by atoms with E-state index in [1.54, 1.807) is 16.8 Å². The van der Waals surface area contributed by atoms with Crippen LogP contribution >= 0.6 is 0 Å². The molecule has 2 aliphatic rings. The molecule has 23 heavy (non-hydrogen) atoms. The molecule has 1 saturated heterocycles. The van der Waals surface area contributed by atoms with E-state index in [1.165, 1.54) is 0 Å². The van der Waals surface area contributed by atoms with Crippen LogP contribution in [0, 0.1) is 5.41 Å². The second-order valence-corrected chi connectivity index (χ2v) is 7.64. The number of fused-ring (bicyclic) bond motifs is 3. The average Bonchev–Trinajstić information content (AvgIpc) is 2.88. The Labute approximate surface area is 137 Å². The van der Waals surface area contributed by atoms with Gasteiger partial charge in [-0.15, -0.1) is 0 Å². The van der Waals surface area contributed by atoms with E-state index in [9.17, 15) is 9.59 Å². The van der Waals surface area contributed by atoms with Crippen molar-refractivity contribution in [1.82, 2.24) is 4.90 Å². The van der Waals surface area contributed by atoms with Crippen molar-refractivity contribution in [2.24, 2.45) is 5.41 Å². The zero-order valence-corrected chi connectivity index (χ0v) is 14.2. The maximum absolute atomic E-state index is 12.9. The maximum Gasteiger partial charge on any atom is 0.249 e. The van der Waals surface area contributed by atoms with Gasteiger partial charge in [-0.3, -0.25) is 9.59 Å². The lowest BCUT2D eigenvalue weighted by Crippen LogP contribution is -2.47. The summed E-state index contributed by atoms with van der Waals surface area (Å²) in [5, 5.41) is 0. The van der Waals surface area contributed by atoms with Crippen LogP contribution in [0.15, 0.2) is 24.3 Å². The van der Waals surface area contributed by atoms with Gasteiger partial charge in [-0.25, -0.2) is 0 Å². The van der Waals surface area contributed by atoms with Crippen molar-refractivity contribution in [3.63, 3.8) is 0 Å². The number of likely N-dealkylation sites (N-methyl/N-ethyl adjacent to an activating group) is 1. The summed E-state index contributed by atoms with van der Waals surface area (Å²) in [6.07, 6.45) is 0.871. The molecule has 2 heterocycles. The topological polar surface area (TPSA) is 49.9 Å². The van der Waals surface area contributed by atoms with Gasteiger partial charge in [-0.1, -0.05) is 32.9 Å².